The molecule has 0 unspecified atom stereocenters. The molecule has 0 aliphatic carbocycles. The van der Waals surface area contributed by atoms with Crippen molar-refractivity contribution < 1.29 is 14.8 Å². The Morgan fingerprint density at radius 1 is 1.53 bits per heavy atom. The van der Waals surface area contributed by atoms with Gasteiger partial charge in [-0.3, -0.25) is 14.9 Å². The lowest BCUT2D eigenvalue weighted by molar-refractivity contribution is -0.384. The Labute approximate surface area is 106 Å². The average molecular weight is 263 g/mol. The van der Waals surface area contributed by atoms with Gasteiger partial charge in [0.25, 0.3) is 11.2 Å². The number of fused-ring (bicyclic) bond motifs is 1. The van der Waals surface area contributed by atoms with Gasteiger partial charge < -0.3 is 9.67 Å². The zero-order chi connectivity index (χ0) is 14.2. The molecule has 0 bridgehead atoms. The van der Waals surface area contributed by atoms with Crippen molar-refractivity contribution in [3.8, 4) is 0 Å². The molecule has 8 nitrogen and oxygen atoms in total. The normalized spacial score (nSPS) is 10.6. The highest BCUT2D eigenvalue weighted by atomic mass is 16.6. The predicted octanol–water partition coefficient (Wildman–Crippen LogP) is 1.02. The number of carboxylic acids is 1. The number of aromatic nitrogens is 2. The van der Waals surface area contributed by atoms with Crippen LogP contribution in [-0.4, -0.2) is 25.6 Å². The zero-order valence-corrected chi connectivity index (χ0v) is 9.86. The summed E-state index contributed by atoms with van der Waals surface area (Å²) in [6.07, 6.45) is 0. The average Bonchev–Trinajstić information content (AvgIpc) is 2.37. The quantitative estimate of drug-likeness (QED) is 0.653. The highest BCUT2D eigenvalue weighted by Gasteiger charge is 2.17. The van der Waals surface area contributed by atoms with Crippen molar-refractivity contribution in [1.82, 2.24) is 9.55 Å². The molecular formula is C11H9N3O5. The van der Waals surface area contributed by atoms with E-state index in [9.17, 15) is 19.7 Å². The van der Waals surface area contributed by atoms with Crippen LogP contribution in [0.5, 0.6) is 0 Å². The van der Waals surface area contributed by atoms with Crippen molar-refractivity contribution in [2.24, 2.45) is 0 Å². The summed E-state index contributed by atoms with van der Waals surface area (Å²) in [5.41, 5.74) is -1.08. The number of non-ortho nitro benzene ring substituents is 1. The van der Waals surface area contributed by atoms with Gasteiger partial charge in [-0.05, 0) is 13.0 Å². The van der Waals surface area contributed by atoms with E-state index in [2.05, 4.69) is 4.98 Å². The van der Waals surface area contributed by atoms with E-state index in [0.717, 1.165) is 4.57 Å². The molecule has 0 aliphatic heterocycles. The number of nitro groups is 1. The zero-order valence-electron chi connectivity index (χ0n) is 9.86. The number of rotatable bonds is 3. The summed E-state index contributed by atoms with van der Waals surface area (Å²) >= 11 is 0. The number of benzene rings is 1. The lowest BCUT2D eigenvalue weighted by Crippen LogP contribution is -2.28. The van der Waals surface area contributed by atoms with Crippen LogP contribution >= 0.6 is 0 Å². The first-order valence-corrected chi connectivity index (χ1v) is 5.38. The van der Waals surface area contributed by atoms with Crippen LogP contribution in [0.15, 0.2) is 23.0 Å². The van der Waals surface area contributed by atoms with Gasteiger partial charge in [-0.25, -0.2) is 9.78 Å². The van der Waals surface area contributed by atoms with E-state index in [-0.39, 0.29) is 23.3 Å². The standard InChI is InChI=1S/C11H9N3O5/c1-2-13-8-5-6(14(18)19)3-4-7(8)12-9(10(13)15)11(16)17/h3-5H,2H2,1H3,(H,16,17). The Bertz CT molecular complexity index is 750. The Morgan fingerprint density at radius 2 is 2.21 bits per heavy atom. The van der Waals surface area contributed by atoms with E-state index >= 15 is 0 Å². The molecule has 0 fully saturated rings. The molecule has 0 saturated heterocycles. The summed E-state index contributed by atoms with van der Waals surface area (Å²) in [5.74, 6) is -1.42. The van der Waals surface area contributed by atoms with Gasteiger partial charge in [0.15, 0.2) is 0 Å². The number of carbonyl (C=O) groups is 1. The summed E-state index contributed by atoms with van der Waals surface area (Å²) in [7, 11) is 0. The molecule has 19 heavy (non-hydrogen) atoms. The molecule has 0 amide bonds. The van der Waals surface area contributed by atoms with Gasteiger partial charge >= 0.3 is 5.97 Å². The maximum atomic E-state index is 11.9. The van der Waals surface area contributed by atoms with Gasteiger partial charge in [0.05, 0.1) is 16.0 Å². The molecule has 0 radical (unpaired) electrons. The second-order valence-electron chi connectivity index (χ2n) is 3.75. The van der Waals surface area contributed by atoms with Crippen molar-refractivity contribution in [2.75, 3.05) is 0 Å². The summed E-state index contributed by atoms with van der Waals surface area (Å²) in [4.78, 5) is 36.7. The maximum Gasteiger partial charge on any atom is 0.360 e. The van der Waals surface area contributed by atoms with Crippen molar-refractivity contribution in [1.29, 1.82) is 0 Å². The summed E-state index contributed by atoms with van der Waals surface area (Å²) < 4.78 is 1.15. The molecule has 2 rings (SSSR count). The number of aromatic carboxylic acids is 1. The SMILES string of the molecule is CCn1c(=O)c(C(=O)O)nc2ccc([N+](=O)[O-])cc21. The van der Waals surface area contributed by atoms with Gasteiger partial charge in [-0.2, -0.15) is 0 Å². The largest absolute Gasteiger partial charge is 0.476 e. The monoisotopic (exact) mass is 263 g/mol. The minimum absolute atomic E-state index is 0.182. The number of hydrogen-bond acceptors (Lipinski definition) is 5. The molecule has 2 aromatic rings. The second kappa shape index (κ2) is 4.48. The Hall–Kier alpha value is -2.77. The topological polar surface area (TPSA) is 115 Å². The van der Waals surface area contributed by atoms with Gasteiger partial charge in [-0.1, -0.05) is 0 Å². The van der Waals surface area contributed by atoms with Gasteiger partial charge in [0.2, 0.25) is 5.69 Å². The smallest absolute Gasteiger partial charge is 0.360 e. The molecule has 0 spiro atoms. The van der Waals surface area contributed by atoms with Crippen LogP contribution in [0.3, 0.4) is 0 Å². The highest BCUT2D eigenvalue weighted by Crippen LogP contribution is 2.18. The van der Waals surface area contributed by atoms with Gasteiger partial charge in [0.1, 0.15) is 0 Å². The lowest BCUT2D eigenvalue weighted by atomic mass is 10.2. The van der Waals surface area contributed by atoms with E-state index in [1.54, 1.807) is 6.92 Å². The van der Waals surface area contributed by atoms with Crippen molar-refractivity contribution >= 4 is 22.7 Å². The minimum atomic E-state index is -1.42. The third-order valence-corrected chi connectivity index (χ3v) is 2.66. The molecule has 1 heterocycles. The summed E-state index contributed by atoms with van der Waals surface area (Å²) in [5, 5.41) is 19.6. The molecule has 1 N–H and O–H groups in total. The third kappa shape index (κ3) is 2.03. The first-order valence-electron chi connectivity index (χ1n) is 5.38. The first kappa shape index (κ1) is 12.7. The van der Waals surface area contributed by atoms with E-state index in [4.69, 9.17) is 5.11 Å². The molecule has 1 aromatic carbocycles. The lowest BCUT2D eigenvalue weighted by Gasteiger charge is -2.08. The molecule has 0 atom stereocenters. The highest BCUT2D eigenvalue weighted by molar-refractivity contribution is 5.88. The van der Waals surface area contributed by atoms with Crippen molar-refractivity contribution in [3.05, 3.63) is 44.4 Å². The van der Waals surface area contributed by atoms with E-state index in [1.165, 1.54) is 18.2 Å². The fourth-order valence-electron chi connectivity index (χ4n) is 1.79. The van der Waals surface area contributed by atoms with Gasteiger partial charge in [-0.15, -0.1) is 0 Å². The number of hydrogen-bond donors (Lipinski definition) is 1. The molecule has 1 aromatic heterocycles. The first-order chi connectivity index (χ1) is 8.95. The molecule has 0 saturated carbocycles. The van der Waals surface area contributed by atoms with Crippen LogP contribution < -0.4 is 5.56 Å². The third-order valence-electron chi connectivity index (χ3n) is 2.66. The Balaban J connectivity index is 2.89. The Morgan fingerprint density at radius 3 is 2.74 bits per heavy atom. The number of nitrogens with zero attached hydrogens (tertiary/aromatic N) is 3. The minimum Gasteiger partial charge on any atom is -0.476 e. The predicted molar refractivity (Wildman–Crippen MR) is 65.3 cm³/mol. The maximum absolute atomic E-state index is 11.9. The van der Waals surface area contributed by atoms with E-state index < -0.39 is 22.1 Å². The van der Waals surface area contributed by atoms with Crippen molar-refractivity contribution in [3.63, 3.8) is 0 Å². The fraction of sp³-hybridized carbons (Fsp3) is 0.182. The van der Waals surface area contributed by atoms with E-state index in [0.29, 0.717) is 0 Å². The fourth-order valence-corrected chi connectivity index (χ4v) is 1.79. The van der Waals surface area contributed by atoms with Crippen LogP contribution in [0.4, 0.5) is 5.69 Å². The molecular weight excluding hydrogens is 254 g/mol. The Kier molecular flexibility index (Phi) is 2.99. The van der Waals surface area contributed by atoms with Crippen molar-refractivity contribution in [2.45, 2.75) is 13.5 Å². The van der Waals surface area contributed by atoms with Crippen LogP contribution in [0.2, 0.25) is 0 Å². The summed E-state index contributed by atoms with van der Waals surface area (Å²) in [6, 6.07) is 3.75. The molecule has 0 aliphatic rings. The van der Waals surface area contributed by atoms with Crippen LogP contribution in [0.25, 0.3) is 11.0 Å². The number of carboxylic acid groups (broad SMARTS) is 1. The number of aryl methyl sites for hydroxylation is 1. The van der Waals surface area contributed by atoms with Gasteiger partial charge in [0, 0.05) is 18.7 Å². The van der Waals surface area contributed by atoms with E-state index in [1.807, 2.05) is 0 Å². The van der Waals surface area contributed by atoms with Crippen LogP contribution in [0.1, 0.15) is 17.4 Å². The second-order valence-corrected chi connectivity index (χ2v) is 3.75. The molecule has 8 heteroatoms. The van der Waals surface area contributed by atoms with Crippen LogP contribution in [0, 0.1) is 10.1 Å². The number of nitro benzene ring substituents is 1. The van der Waals surface area contributed by atoms with Crippen LogP contribution in [-0.2, 0) is 6.54 Å². The summed E-state index contributed by atoms with van der Waals surface area (Å²) in [6.45, 7) is 1.84. The molecule has 98 valence electrons.